The van der Waals surface area contributed by atoms with Crippen molar-refractivity contribution in [3.63, 3.8) is 0 Å². The number of carbonyl (C=O) groups is 1. The van der Waals surface area contributed by atoms with Crippen molar-refractivity contribution in [2.75, 3.05) is 0 Å². The second kappa shape index (κ2) is 2.69. The van der Waals surface area contributed by atoms with Crippen LogP contribution in [0.3, 0.4) is 0 Å². The topological polar surface area (TPSA) is 34.9 Å². The maximum atomic E-state index is 10.9. The summed E-state index contributed by atoms with van der Waals surface area (Å²) in [5, 5.41) is 4.36. The van der Waals surface area contributed by atoms with E-state index in [0.717, 1.165) is 12.8 Å². The van der Waals surface area contributed by atoms with Gasteiger partial charge in [-0.25, -0.2) is 0 Å². The first-order valence-corrected chi connectivity index (χ1v) is 5.41. The maximum Gasteiger partial charge on any atom is 0.170 e. The van der Waals surface area contributed by atoms with Crippen LogP contribution >= 0.6 is 0 Å². The summed E-state index contributed by atoms with van der Waals surface area (Å²) in [5.41, 5.74) is 3.35. The molecule has 0 saturated heterocycles. The summed E-state index contributed by atoms with van der Waals surface area (Å²) in [7, 11) is 0. The third-order valence-electron chi connectivity index (χ3n) is 3.70. The molecule has 0 aromatic carbocycles. The zero-order valence-corrected chi connectivity index (χ0v) is 8.36. The van der Waals surface area contributed by atoms with Gasteiger partial charge in [0, 0.05) is 23.7 Å². The lowest BCUT2D eigenvalue weighted by Gasteiger charge is -2.12. The molecule has 14 heavy (non-hydrogen) atoms. The van der Waals surface area contributed by atoms with Gasteiger partial charge in [-0.05, 0) is 32.1 Å². The number of aldehydes is 1. The lowest BCUT2D eigenvalue weighted by molar-refractivity contribution is 0.111. The molecule has 1 saturated carbocycles. The highest BCUT2D eigenvalue weighted by molar-refractivity contribution is 5.76. The van der Waals surface area contributed by atoms with E-state index in [1.54, 1.807) is 0 Å². The number of rotatable bonds is 2. The highest BCUT2D eigenvalue weighted by atomic mass is 16.1. The van der Waals surface area contributed by atoms with Crippen molar-refractivity contribution in [3.8, 4) is 0 Å². The third kappa shape index (κ3) is 0.825. The molecule has 0 amide bonds. The van der Waals surface area contributed by atoms with Crippen LogP contribution in [0.25, 0.3) is 0 Å². The van der Waals surface area contributed by atoms with Gasteiger partial charge in [-0.2, -0.15) is 5.10 Å². The first-order valence-electron chi connectivity index (χ1n) is 5.41. The molecular formula is C11H14N2O. The van der Waals surface area contributed by atoms with Gasteiger partial charge in [0.2, 0.25) is 0 Å². The largest absolute Gasteiger partial charge is 0.296 e. The molecule has 0 N–H and O–H groups in total. The number of hydrogen-bond donors (Lipinski definition) is 0. The van der Waals surface area contributed by atoms with Crippen molar-refractivity contribution in [1.82, 2.24) is 9.78 Å². The quantitative estimate of drug-likeness (QED) is 0.669. The number of hydrogen-bond acceptors (Lipinski definition) is 2. The van der Waals surface area contributed by atoms with E-state index in [0.29, 0.717) is 17.5 Å². The SMILES string of the molecule is CCn1nc(C=O)c2c1C1CCC2C1. The molecule has 2 bridgehead atoms. The van der Waals surface area contributed by atoms with Crippen LogP contribution in [0.2, 0.25) is 0 Å². The number of carbonyl (C=O) groups excluding carboxylic acids is 1. The van der Waals surface area contributed by atoms with Crippen LogP contribution in [0.4, 0.5) is 0 Å². The van der Waals surface area contributed by atoms with Gasteiger partial charge in [-0.3, -0.25) is 9.48 Å². The van der Waals surface area contributed by atoms with E-state index in [4.69, 9.17) is 0 Å². The fourth-order valence-electron chi connectivity index (χ4n) is 3.18. The number of fused-ring (bicyclic) bond motifs is 5. The number of aryl methyl sites for hydroxylation is 1. The van der Waals surface area contributed by atoms with E-state index in [1.807, 2.05) is 4.68 Å². The minimum Gasteiger partial charge on any atom is -0.296 e. The molecule has 3 heteroatoms. The van der Waals surface area contributed by atoms with Gasteiger partial charge in [-0.1, -0.05) is 0 Å². The number of nitrogens with zero attached hydrogens (tertiary/aromatic N) is 2. The third-order valence-corrected chi connectivity index (χ3v) is 3.70. The summed E-state index contributed by atoms with van der Waals surface area (Å²) in [5.74, 6) is 1.33. The molecule has 74 valence electrons. The number of aromatic nitrogens is 2. The van der Waals surface area contributed by atoms with Crippen LogP contribution in [-0.4, -0.2) is 16.1 Å². The molecule has 0 spiro atoms. The van der Waals surface area contributed by atoms with Crippen LogP contribution in [0, 0.1) is 0 Å². The van der Waals surface area contributed by atoms with Crippen LogP contribution in [0.15, 0.2) is 0 Å². The van der Waals surface area contributed by atoms with E-state index in [2.05, 4.69) is 12.0 Å². The molecule has 1 heterocycles. The molecule has 3 nitrogen and oxygen atoms in total. The van der Waals surface area contributed by atoms with E-state index < -0.39 is 0 Å². The summed E-state index contributed by atoms with van der Waals surface area (Å²) < 4.78 is 2.03. The maximum absolute atomic E-state index is 10.9. The van der Waals surface area contributed by atoms with Crippen molar-refractivity contribution in [1.29, 1.82) is 0 Å². The molecule has 1 aromatic heterocycles. The van der Waals surface area contributed by atoms with Crippen LogP contribution in [-0.2, 0) is 6.54 Å². The zero-order valence-electron chi connectivity index (χ0n) is 8.36. The van der Waals surface area contributed by atoms with Gasteiger partial charge in [0.25, 0.3) is 0 Å². The summed E-state index contributed by atoms with van der Waals surface area (Å²) in [6.07, 6.45) is 4.73. The molecule has 2 atom stereocenters. The minimum atomic E-state index is 0.635. The Balaban J connectivity index is 2.22. The molecule has 1 aromatic rings. The molecule has 1 fully saturated rings. The van der Waals surface area contributed by atoms with Crippen LogP contribution in [0.1, 0.15) is 59.8 Å². The molecule has 2 aliphatic carbocycles. The van der Waals surface area contributed by atoms with Crippen molar-refractivity contribution < 1.29 is 4.79 Å². The Kier molecular flexibility index (Phi) is 1.58. The van der Waals surface area contributed by atoms with E-state index >= 15 is 0 Å². The van der Waals surface area contributed by atoms with Crippen molar-refractivity contribution in [2.45, 2.75) is 44.6 Å². The molecule has 0 radical (unpaired) electrons. The fourth-order valence-corrected chi connectivity index (χ4v) is 3.18. The summed E-state index contributed by atoms with van der Waals surface area (Å²) in [6, 6.07) is 0. The molecule has 2 unspecified atom stereocenters. The van der Waals surface area contributed by atoms with Crippen molar-refractivity contribution in [2.24, 2.45) is 0 Å². The second-order valence-electron chi connectivity index (χ2n) is 4.32. The second-order valence-corrected chi connectivity index (χ2v) is 4.32. The fraction of sp³-hybridized carbons (Fsp3) is 0.636. The Morgan fingerprint density at radius 2 is 2.29 bits per heavy atom. The van der Waals surface area contributed by atoms with Gasteiger partial charge < -0.3 is 0 Å². The summed E-state index contributed by atoms with van der Waals surface area (Å²) in [4.78, 5) is 10.9. The first kappa shape index (κ1) is 8.21. The van der Waals surface area contributed by atoms with Gasteiger partial charge >= 0.3 is 0 Å². The lowest BCUT2D eigenvalue weighted by atomic mass is 9.96. The average molecular weight is 190 g/mol. The normalized spacial score (nSPS) is 28.1. The zero-order chi connectivity index (χ0) is 9.71. The predicted molar refractivity (Wildman–Crippen MR) is 52.6 cm³/mol. The Labute approximate surface area is 83.1 Å². The lowest BCUT2D eigenvalue weighted by Crippen LogP contribution is -2.05. The molecule has 2 aliphatic rings. The first-order chi connectivity index (χ1) is 6.85. The van der Waals surface area contributed by atoms with Gasteiger partial charge in [-0.15, -0.1) is 0 Å². The monoisotopic (exact) mass is 190 g/mol. The Bertz CT molecular complexity index is 394. The Morgan fingerprint density at radius 3 is 3.00 bits per heavy atom. The highest BCUT2D eigenvalue weighted by Crippen LogP contribution is 2.53. The van der Waals surface area contributed by atoms with Crippen LogP contribution in [0.5, 0.6) is 0 Å². The molecular weight excluding hydrogens is 176 g/mol. The standard InChI is InChI=1S/C11H14N2O/c1-2-13-11-8-4-3-7(5-8)10(11)9(6-14)12-13/h6-8H,2-5H2,1H3. The van der Waals surface area contributed by atoms with E-state index in [1.165, 1.54) is 30.5 Å². The minimum absolute atomic E-state index is 0.635. The molecule has 3 rings (SSSR count). The average Bonchev–Trinajstić information content (AvgIpc) is 2.88. The summed E-state index contributed by atoms with van der Waals surface area (Å²) >= 11 is 0. The predicted octanol–water partition coefficient (Wildman–Crippen LogP) is 2.08. The van der Waals surface area contributed by atoms with Crippen LogP contribution < -0.4 is 0 Å². The van der Waals surface area contributed by atoms with E-state index in [9.17, 15) is 4.79 Å². The smallest absolute Gasteiger partial charge is 0.170 e. The van der Waals surface area contributed by atoms with Crippen molar-refractivity contribution >= 4 is 6.29 Å². The molecule has 0 aliphatic heterocycles. The summed E-state index contributed by atoms with van der Waals surface area (Å²) in [6.45, 7) is 2.98. The van der Waals surface area contributed by atoms with Gasteiger partial charge in [0.1, 0.15) is 5.69 Å². The van der Waals surface area contributed by atoms with E-state index in [-0.39, 0.29) is 0 Å². The van der Waals surface area contributed by atoms with Gasteiger partial charge in [0.15, 0.2) is 6.29 Å². The van der Waals surface area contributed by atoms with Gasteiger partial charge in [0.05, 0.1) is 0 Å². The Hall–Kier alpha value is -1.12. The highest BCUT2D eigenvalue weighted by Gasteiger charge is 2.42. The van der Waals surface area contributed by atoms with Crippen molar-refractivity contribution in [3.05, 3.63) is 17.0 Å². The Morgan fingerprint density at radius 1 is 1.50 bits per heavy atom.